The maximum Gasteiger partial charge on any atom is 0.306 e. The van der Waals surface area contributed by atoms with Gasteiger partial charge in [0.25, 0.3) is 0 Å². The Morgan fingerprint density at radius 1 is 0.696 bits per heavy atom. The Hall–Kier alpha value is -1.66. The van der Waals surface area contributed by atoms with Gasteiger partial charge in [0.05, 0.1) is 74.1 Å². The van der Waals surface area contributed by atoms with Gasteiger partial charge >= 0.3 is 11.9 Å². The van der Waals surface area contributed by atoms with Crippen LogP contribution in [0.4, 0.5) is 0 Å². The van der Waals surface area contributed by atoms with Crippen LogP contribution >= 0.6 is 0 Å². The minimum absolute atomic E-state index is 0.00697. The molecule has 69 heavy (non-hydrogen) atoms. The zero-order valence-corrected chi connectivity index (χ0v) is 41.0. The highest BCUT2D eigenvalue weighted by molar-refractivity contribution is 5.71. The molecule has 0 bridgehead atoms. The van der Waals surface area contributed by atoms with E-state index in [4.69, 9.17) is 42.6 Å². The van der Waals surface area contributed by atoms with Crippen LogP contribution in [0.1, 0.15) is 125 Å². The van der Waals surface area contributed by atoms with Gasteiger partial charge in [0.1, 0.15) is 42.7 Å². The van der Waals surface area contributed by atoms with Gasteiger partial charge in [-0.25, -0.2) is 0 Å². The fraction of sp³-hybridized carbons (Fsp3) is 0.960. The average Bonchev–Trinajstić information content (AvgIpc) is 3.84. The van der Waals surface area contributed by atoms with Gasteiger partial charge in [0.2, 0.25) is 0 Å². The number of rotatable bonds is 11. The number of hydrogen-bond donors (Lipinski definition) is 8. The zero-order valence-electron chi connectivity index (χ0n) is 41.0. The third-order valence-corrected chi connectivity index (χ3v) is 19.2. The van der Waals surface area contributed by atoms with E-state index in [1.807, 2.05) is 13.8 Å². The Morgan fingerprint density at radius 3 is 2.07 bits per heavy atom. The minimum atomic E-state index is -1.67. The van der Waals surface area contributed by atoms with E-state index in [2.05, 4.69) is 13.8 Å². The van der Waals surface area contributed by atoms with Crippen LogP contribution in [0.3, 0.4) is 0 Å². The fourth-order valence-corrected chi connectivity index (χ4v) is 15.5. The van der Waals surface area contributed by atoms with Crippen molar-refractivity contribution >= 4 is 11.9 Å². The number of fused-ring (bicyclic) bond motifs is 5. The molecule has 5 saturated carbocycles. The van der Waals surface area contributed by atoms with Crippen molar-refractivity contribution in [3.8, 4) is 0 Å². The van der Waals surface area contributed by atoms with Gasteiger partial charge in [-0.2, -0.15) is 0 Å². The summed E-state index contributed by atoms with van der Waals surface area (Å²) in [5, 5.41) is 88.3. The van der Waals surface area contributed by atoms with Crippen LogP contribution in [0.15, 0.2) is 0 Å². The van der Waals surface area contributed by atoms with Gasteiger partial charge in [-0.3, -0.25) is 9.59 Å². The summed E-state index contributed by atoms with van der Waals surface area (Å²) in [6.45, 7) is 10.9. The molecule has 4 heterocycles. The third-order valence-electron chi connectivity index (χ3n) is 19.2. The maximum absolute atomic E-state index is 12.7. The Balaban J connectivity index is 0.750. The summed E-state index contributed by atoms with van der Waals surface area (Å²) < 4.78 is 54.5. The van der Waals surface area contributed by atoms with Gasteiger partial charge in [-0.05, 0) is 107 Å². The Morgan fingerprint density at radius 2 is 1.41 bits per heavy atom. The number of esters is 2. The molecule has 9 rings (SSSR count). The molecule has 4 saturated heterocycles. The standard InChI is InChI=1S/C50H80O19/c1-22-13-29(16-33(53)44(22)68-40-19-35(64-25(4)52)46(24(3)63-40)69-47-43(59)42(58)41(57)36(20-51)67-47)66-45-23(2)62-39(18-34(45)54)65-28-9-11-48(5)27(15-28)7-8-31-32(48)17-37(55)49(6)30(10-12-50(31,49)60)26-14-38(56)61-21-26/h22-24,26-37,39-47,51,53-55,57-60H,7-21H2,1-6H3/t22-,23+,24+,26?,27+,28-,29+,30+,31+,32-,33-,34-,35-,36+,37+,39-,40-,41+,42-,43+,44+,45+,46+,47-,48-,49-,50-/m0/s1. The highest BCUT2D eigenvalue weighted by Gasteiger charge is 2.71. The number of carbonyl (C=O) groups is 2. The summed E-state index contributed by atoms with van der Waals surface area (Å²) in [6, 6.07) is 0. The summed E-state index contributed by atoms with van der Waals surface area (Å²) in [6.07, 6.45) is -8.87. The van der Waals surface area contributed by atoms with E-state index in [9.17, 15) is 50.4 Å². The summed E-state index contributed by atoms with van der Waals surface area (Å²) in [5.74, 6) is -0.330. The largest absolute Gasteiger partial charge is 0.465 e. The molecule has 0 spiro atoms. The third kappa shape index (κ3) is 9.58. The summed E-state index contributed by atoms with van der Waals surface area (Å²) in [5.41, 5.74) is -1.75. The van der Waals surface area contributed by atoms with E-state index < -0.39 is 128 Å². The quantitative estimate of drug-likeness (QED) is 0.107. The van der Waals surface area contributed by atoms with Gasteiger partial charge in [0, 0.05) is 37.5 Å². The minimum Gasteiger partial charge on any atom is -0.465 e. The van der Waals surface area contributed by atoms with Crippen molar-refractivity contribution in [2.45, 2.75) is 241 Å². The first-order valence-electron chi connectivity index (χ1n) is 26.0. The van der Waals surface area contributed by atoms with Gasteiger partial charge < -0.3 is 83.5 Å². The van der Waals surface area contributed by atoms with E-state index >= 15 is 0 Å². The van der Waals surface area contributed by atoms with Crippen LogP contribution in [-0.4, -0.2) is 182 Å². The summed E-state index contributed by atoms with van der Waals surface area (Å²) in [4.78, 5) is 24.3. The van der Waals surface area contributed by atoms with Crippen LogP contribution < -0.4 is 0 Å². The van der Waals surface area contributed by atoms with Gasteiger partial charge in [-0.1, -0.05) is 20.8 Å². The van der Waals surface area contributed by atoms with Crippen LogP contribution in [0.5, 0.6) is 0 Å². The van der Waals surface area contributed by atoms with Crippen molar-refractivity contribution in [1.29, 1.82) is 0 Å². The van der Waals surface area contributed by atoms with Crippen molar-refractivity contribution in [3.05, 3.63) is 0 Å². The number of hydrogen-bond acceptors (Lipinski definition) is 19. The smallest absolute Gasteiger partial charge is 0.306 e. The van der Waals surface area contributed by atoms with Gasteiger partial charge in [-0.15, -0.1) is 0 Å². The molecule has 0 amide bonds. The number of ether oxygens (including phenoxy) is 9. The molecule has 19 heteroatoms. The molecule has 5 aliphatic carbocycles. The lowest BCUT2D eigenvalue weighted by Crippen LogP contribution is -2.67. The van der Waals surface area contributed by atoms with Crippen molar-refractivity contribution < 1.29 is 93.1 Å². The molecule has 9 fully saturated rings. The highest BCUT2D eigenvalue weighted by atomic mass is 16.7. The highest BCUT2D eigenvalue weighted by Crippen LogP contribution is 2.70. The SMILES string of the molecule is CC(=O)O[C@H]1C[C@H](O[C@@H]2[C@@H](C)C[C@@H](O[C@H]3[C@@H](O)C[C@H](O[C@H]4CC[C@@]5(C)[C@H](CC[C@@H]6[C@@H]5C[C@@H](O)[C@]5(C)[C@@H](C7COC(=O)C7)CC[C@]65O)C4)O[C@@H]3C)C[C@@H]2O)O[C@H](C)[C@H]1O[C@@H]1O[C@H](CO)[C@@H](O)[C@H](O)[C@H]1O. The number of cyclic esters (lactones) is 1. The first kappa shape index (κ1) is 52.2. The maximum atomic E-state index is 12.7. The summed E-state index contributed by atoms with van der Waals surface area (Å²) >= 11 is 0. The molecule has 394 valence electrons. The normalized spacial score (nSPS) is 54.5. The van der Waals surface area contributed by atoms with Crippen LogP contribution in [-0.2, 0) is 52.2 Å². The lowest BCUT2D eigenvalue weighted by atomic mass is 9.42. The predicted molar refractivity (Wildman–Crippen MR) is 238 cm³/mol. The second-order valence-corrected chi connectivity index (χ2v) is 23.1. The molecule has 0 radical (unpaired) electrons. The second kappa shape index (κ2) is 20.2. The Labute approximate surface area is 404 Å². The van der Waals surface area contributed by atoms with E-state index in [1.165, 1.54) is 6.92 Å². The van der Waals surface area contributed by atoms with E-state index in [0.717, 1.165) is 38.5 Å². The van der Waals surface area contributed by atoms with Crippen molar-refractivity contribution in [1.82, 2.24) is 0 Å². The van der Waals surface area contributed by atoms with Gasteiger partial charge in [0.15, 0.2) is 18.9 Å². The Bertz CT molecular complexity index is 1780. The molecular weight excluding hydrogens is 905 g/mol. The molecule has 9 aliphatic rings. The molecule has 27 atom stereocenters. The van der Waals surface area contributed by atoms with E-state index in [1.54, 1.807) is 6.92 Å². The van der Waals surface area contributed by atoms with Crippen LogP contribution in [0.25, 0.3) is 0 Å². The first-order valence-corrected chi connectivity index (χ1v) is 26.0. The number of aliphatic hydroxyl groups excluding tert-OH is 7. The van der Waals surface area contributed by atoms with Crippen molar-refractivity contribution in [2.24, 2.45) is 46.3 Å². The molecule has 8 N–H and O–H groups in total. The predicted octanol–water partition coefficient (Wildman–Crippen LogP) is 1.36. The first-order chi connectivity index (χ1) is 32.6. The molecule has 0 aromatic heterocycles. The second-order valence-electron chi connectivity index (χ2n) is 23.1. The van der Waals surface area contributed by atoms with Crippen LogP contribution in [0, 0.1) is 46.3 Å². The monoisotopic (exact) mass is 985 g/mol. The lowest BCUT2D eigenvalue weighted by Gasteiger charge is -2.65. The lowest BCUT2D eigenvalue weighted by molar-refractivity contribution is -0.346. The topological polar surface area (TPSA) is 279 Å². The molecule has 0 aromatic carbocycles. The van der Waals surface area contributed by atoms with Crippen LogP contribution in [0.2, 0.25) is 0 Å². The Kier molecular flexibility index (Phi) is 15.3. The molecule has 19 nitrogen and oxygen atoms in total. The fourth-order valence-electron chi connectivity index (χ4n) is 15.5. The van der Waals surface area contributed by atoms with Crippen molar-refractivity contribution in [3.63, 3.8) is 0 Å². The number of aliphatic hydroxyl groups is 8. The van der Waals surface area contributed by atoms with Crippen molar-refractivity contribution in [2.75, 3.05) is 13.2 Å². The molecule has 4 aliphatic heterocycles. The molecule has 0 aromatic rings. The summed E-state index contributed by atoms with van der Waals surface area (Å²) in [7, 11) is 0. The van der Waals surface area contributed by atoms with E-state index in [-0.39, 0.29) is 66.3 Å². The van der Waals surface area contributed by atoms with E-state index in [0.29, 0.717) is 38.2 Å². The number of carbonyl (C=O) groups excluding carboxylic acids is 2. The molecular formula is C50H80O19. The average molecular weight is 985 g/mol. The zero-order chi connectivity index (χ0) is 49.5. The molecule has 1 unspecified atom stereocenters.